The Labute approximate surface area is 123 Å². The van der Waals surface area contributed by atoms with Crippen LogP contribution in [0.15, 0.2) is 30.3 Å². The van der Waals surface area contributed by atoms with Gasteiger partial charge in [-0.3, -0.25) is 4.79 Å². The van der Waals surface area contributed by atoms with E-state index in [1.54, 1.807) is 0 Å². The Balaban J connectivity index is 2.28. The fourth-order valence-corrected chi connectivity index (χ4v) is 1.98. The highest BCUT2D eigenvalue weighted by Gasteiger charge is 2.19. The third kappa shape index (κ3) is 3.22. The molecular weight excluding hydrogens is 304 g/mol. The predicted octanol–water partition coefficient (Wildman–Crippen LogP) is 3.58. The van der Waals surface area contributed by atoms with E-state index in [0.717, 1.165) is 0 Å². The number of phenols is 1. The minimum atomic E-state index is -1.16. The van der Waals surface area contributed by atoms with Crippen LogP contribution in [0.1, 0.15) is 10.4 Å². The van der Waals surface area contributed by atoms with Crippen LogP contribution in [0.3, 0.4) is 0 Å². The number of phenolic OH excluding ortho intramolecular Hbond substituents is 1. The molecule has 0 aromatic heterocycles. The van der Waals surface area contributed by atoms with Crippen molar-refractivity contribution in [3.8, 4) is 11.5 Å². The lowest BCUT2D eigenvalue weighted by Gasteiger charge is -2.09. The molecule has 21 heavy (non-hydrogen) atoms. The topological polar surface area (TPSA) is 58.6 Å². The molecule has 0 fully saturated rings. The molecule has 2 aromatic rings. The maximum Gasteiger partial charge on any atom is 0.262 e. The Morgan fingerprint density at radius 1 is 1.29 bits per heavy atom. The number of rotatable bonds is 3. The molecule has 0 aliphatic heterocycles. The van der Waals surface area contributed by atoms with Gasteiger partial charge in [-0.2, -0.15) is 0 Å². The molecule has 2 rings (SSSR count). The molecule has 0 spiro atoms. The van der Waals surface area contributed by atoms with Crippen LogP contribution in [0.5, 0.6) is 11.5 Å². The van der Waals surface area contributed by atoms with E-state index in [2.05, 4.69) is 5.32 Å². The average molecular weight is 314 g/mol. The molecule has 4 nitrogen and oxygen atoms in total. The number of methoxy groups -OCH3 is 1. The van der Waals surface area contributed by atoms with Gasteiger partial charge >= 0.3 is 0 Å². The van der Waals surface area contributed by atoms with Crippen molar-refractivity contribution in [3.05, 3.63) is 52.6 Å². The van der Waals surface area contributed by atoms with Gasteiger partial charge in [0.05, 0.1) is 12.1 Å². The second kappa shape index (κ2) is 5.97. The summed E-state index contributed by atoms with van der Waals surface area (Å²) in [6.07, 6.45) is 0. The van der Waals surface area contributed by atoms with E-state index >= 15 is 0 Å². The summed E-state index contributed by atoms with van der Waals surface area (Å²) in [5.74, 6) is -3.44. The number of amides is 1. The summed E-state index contributed by atoms with van der Waals surface area (Å²) in [6, 6.07) is 5.56. The normalized spacial score (nSPS) is 10.3. The molecule has 0 bridgehead atoms. The van der Waals surface area contributed by atoms with E-state index in [4.69, 9.17) is 16.3 Å². The minimum absolute atomic E-state index is 0.249. The van der Waals surface area contributed by atoms with Crippen LogP contribution in [-0.4, -0.2) is 18.1 Å². The molecule has 0 saturated carbocycles. The van der Waals surface area contributed by atoms with Crippen molar-refractivity contribution < 1.29 is 23.4 Å². The van der Waals surface area contributed by atoms with Gasteiger partial charge in [-0.1, -0.05) is 11.6 Å². The molecule has 0 aliphatic carbocycles. The predicted molar refractivity (Wildman–Crippen MR) is 74.0 cm³/mol. The largest absolute Gasteiger partial charge is 0.507 e. The van der Waals surface area contributed by atoms with E-state index < -0.39 is 28.9 Å². The number of benzene rings is 2. The van der Waals surface area contributed by atoms with Crippen molar-refractivity contribution in [2.75, 3.05) is 12.4 Å². The fraction of sp³-hybridized carbons (Fsp3) is 0.0714. The Hall–Kier alpha value is -2.34. The third-order valence-electron chi connectivity index (χ3n) is 2.67. The van der Waals surface area contributed by atoms with E-state index in [-0.39, 0.29) is 10.7 Å². The molecule has 0 radical (unpaired) electrons. The molecule has 2 N–H and O–H groups in total. The first kappa shape index (κ1) is 15.1. The summed E-state index contributed by atoms with van der Waals surface area (Å²) in [5.41, 5.74) is -0.378. The highest BCUT2D eigenvalue weighted by molar-refractivity contribution is 6.32. The smallest absolute Gasteiger partial charge is 0.262 e. The first-order valence-electron chi connectivity index (χ1n) is 5.75. The van der Waals surface area contributed by atoms with Crippen molar-refractivity contribution in [2.45, 2.75) is 0 Å². The van der Waals surface area contributed by atoms with Gasteiger partial charge in [-0.05, 0) is 18.2 Å². The SMILES string of the molecule is COc1ccc(NC(=O)c2c(O)cc(F)cc2F)cc1Cl. The van der Waals surface area contributed by atoms with E-state index in [1.807, 2.05) is 0 Å². The van der Waals surface area contributed by atoms with Gasteiger partial charge in [0, 0.05) is 17.8 Å². The molecule has 1 amide bonds. The molecule has 0 saturated heterocycles. The van der Waals surface area contributed by atoms with Crippen molar-refractivity contribution in [2.24, 2.45) is 0 Å². The lowest BCUT2D eigenvalue weighted by Crippen LogP contribution is -2.14. The third-order valence-corrected chi connectivity index (χ3v) is 2.97. The fourth-order valence-electron chi connectivity index (χ4n) is 1.72. The number of ether oxygens (including phenoxy) is 1. The maximum atomic E-state index is 13.6. The summed E-state index contributed by atoms with van der Waals surface area (Å²) < 4.78 is 31.4. The molecule has 110 valence electrons. The Bertz CT molecular complexity index is 684. The van der Waals surface area contributed by atoms with Gasteiger partial charge in [0.2, 0.25) is 0 Å². The van der Waals surface area contributed by atoms with E-state index in [1.165, 1.54) is 25.3 Å². The monoisotopic (exact) mass is 313 g/mol. The molecule has 0 aliphatic rings. The standard InChI is InChI=1S/C14H10ClF2NO3/c1-21-12-3-2-8(6-9(12)15)18-14(20)13-10(17)4-7(16)5-11(13)19/h2-6,19H,1H3,(H,18,20). The molecule has 0 heterocycles. The van der Waals surface area contributed by atoms with Gasteiger partial charge in [-0.15, -0.1) is 0 Å². The summed E-state index contributed by atoms with van der Waals surface area (Å²) in [5, 5.41) is 12.1. The zero-order chi connectivity index (χ0) is 15.6. The van der Waals surface area contributed by atoms with Crippen LogP contribution < -0.4 is 10.1 Å². The van der Waals surface area contributed by atoms with Gasteiger partial charge < -0.3 is 15.2 Å². The molecule has 0 unspecified atom stereocenters. The number of halogens is 3. The number of anilines is 1. The first-order valence-corrected chi connectivity index (χ1v) is 6.13. The molecule has 7 heteroatoms. The number of aromatic hydroxyl groups is 1. The van der Waals surface area contributed by atoms with Gasteiger partial charge in [0.25, 0.3) is 5.91 Å². The number of carbonyl (C=O) groups excluding carboxylic acids is 1. The zero-order valence-electron chi connectivity index (χ0n) is 10.8. The Kier molecular flexibility index (Phi) is 4.28. The lowest BCUT2D eigenvalue weighted by molar-refractivity contribution is 0.102. The van der Waals surface area contributed by atoms with Crippen LogP contribution in [0.25, 0.3) is 0 Å². The molecule has 2 aromatic carbocycles. The second-order valence-electron chi connectivity index (χ2n) is 4.09. The van der Waals surface area contributed by atoms with Gasteiger partial charge in [-0.25, -0.2) is 8.78 Å². The Morgan fingerprint density at radius 3 is 2.57 bits per heavy atom. The summed E-state index contributed by atoms with van der Waals surface area (Å²) in [4.78, 5) is 11.9. The van der Waals surface area contributed by atoms with E-state index in [9.17, 15) is 18.7 Å². The molecule has 0 atom stereocenters. The zero-order valence-corrected chi connectivity index (χ0v) is 11.5. The van der Waals surface area contributed by atoms with E-state index in [0.29, 0.717) is 17.9 Å². The van der Waals surface area contributed by atoms with Crippen molar-refractivity contribution in [3.63, 3.8) is 0 Å². The van der Waals surface area contributed by atoms with Crippen LogP contribution in [-0.2, 0) is 0 Å². The van der Waals surface area contributed by atoms with Crippen LogP contribution in [0, 0.1) is 11.6 Å². The first-order chi connectivity index (χ1) is 9.92. The number of hydrogen-bond donors (Lipinski definition) is 2. The van der Waals surface area contributed by atoms with Gasteiger partial charge in [0.15, 0.2) is 0 Å². The number of nitrogens with one attached hydrogen (secondary N) is 1. The highest BCUT2D eigenvalue weighted by atomic mass is 35.5. The summed E-state index contributed by atoms with van der Waals surface area (Å²) in [7, 11) is 1.44. The highest BCUT2D eigenvalue weighted by Crippen LogP contribution is 2.28. The quantitative estimate of drug-likeness (QED) is 0.910. The average Bonchev–Trinajstić information content (AvgIpc) is 2.37. The maximum absolute atomic E-state index is 13.6. The number of hydrogen-bond acceptors (Lipinski definition) is 3. The number of carbonyl (C=O) groups is 1. The van der Waals surface area contributed by atoms with Crippen molar-refractivity contribution in [1.82, 2.24) is 0 Å². The van der Waals surface area contributed by atoms with Crippen molar-refractivity contribution in [1.29, 1.82) is 0 Å². The summed E-state index contributed by atoms with van der Waals surface area (Å²) >= 11 is 5.89. The van der Waals surface area contributed by atoms with Gasteiger partial charge in [0.1, 0.15) is 28.7 Å². The lowest BCUT2D eigenvalue weighted by atomic mass is 10.1. The van der Waals surface area contributed by atoms with Crippen LogP contribution in [0.4, 0.5) is 14.5 Å². The molecular formula is C14H10ClF2NO3. The minimum Gasteiger partial charge on any atom is -0.507 e. The summed E-state index contributed by atoms with van der Waals surface area (Å²) in [6.45, 7) is 0. The van der Waals surface area contributed by atoms with Crippen LogP contribution in [0.2, 0.25) is 5.02 Å². The second-order valence-corrected chi connectivity index (χ2v) is 4.49. The Morgan fingerprint density at radius 2 is 2.00 bits per heavy atom. The van der Waals surface area contributed by atoms with Crippen molar-refractivity contribution >= 4 is 23.2 Å². The van der Waals surface area contributed by atoms with Crippen LogP contribution >= 0.6 is 11.6 Å².